The molecule has 1 unspecified atom stereocenters. The van der Waals surface area contributed by atoms with E-state index in [1.165, 1.54) is 8.61 Å². The summed E-state index contributed by atoms with van der Waals surface area (Å²) in [5, 5.41) is 9.66. The molecule has 1 N–H and O–H groups in total. The molecule has 2 aliphatic rings. The van der Waals surface area contributed by atoms with Crippen molar-refractivity contribution in [2.75, 3.05) is 46.0 Å². The number of nitrogens with zero attached hydrogens (tertiary/aromatic N) is 2. The van der Waals surface area contributed by atoms with Gasteiger partial charge in [-0.2, -0.15) is 17.0 Å². The summed E-state index contributed by atoms with van der Waals surface area (Å²) in [4.78, 5) is 0. The van der Waals surface area contributed by atoms with Crippen LogP contribution in [0.1, 0.15) is 19.3 Å². The fourth-order valence-electron chi connectivity index (χ4n) is 2.97. The highest BCUT2D eigenvalue weighted by atomic mass is 32.2. The molecule has 0 aromatic rings. The van der Waals surface area contributed by atoms with Crippen LogP contribution in [0.15, 0.2) is 12.7 Å². The topological polar surface area (TPSA) is 70.1 Å². The lowest BCUT2D eigenvalue weighted by atomic mass is 9.79. The Morgan fingerprint density at radius 1 is 1.25 bits per heavy atom. The zero-order valence-electron chi connectivity index (χ0n) is 11.8. The Balaban J connectivity index is 2.12. The number of hydrogen-bond acceptors (Lipinski definition) is 4. The smallest absolute Gasteiger partial charge is 0.282 e. The van der Waals surface area contributed by atoms with Crippen molar-refractivity contribution in [2.24, 2.45) is 5.41 Å². The fourth-order valence-corrected chi connectivity index (χ4v) is 4.70. The van der Waals surface area contributed by atoms with Gasteiger partial charge in [-0.15, -0.1) is 6.58 Å². The van der Waals surface area contributed by atoms with E-state index in [2.05, 4.69) is 6.58 Å². The molecule has 2 saturated heterocycles. The summed E-state index contributed by atoms with van der Waals surface area (Å²) >= 11 is 0. The summed E-state index contributed by atoms with van der Waals surface area (Å²) in [6.07, 6.45) is 4.02. The fraction of sp³-hybridized carbons (Fsp3) is 0.846. The van der Waals surface area contributed by atoms with Gasteiger partial charge in [-0.1, -0.05) is 6.08 Å². The van der Waals surface area contributed by atoms with Crippen molar-refractivity contribution in [1.29, 1.82) is 0 Å². The van der Waals surface area contributed by atoms with Crippen LogP contribution in [0.2, 0.25) is 0 Å². The first-order valence-corrected chi connectivity index (χ1v) is 8.48. The van der Waals surface area contributed by atoms with E-state index in [1.54, 1.807) is 6.08 Å². The molecule has 116 valence electrons. The van der Waals surface area contributed by atoms with Gasteiger partial charge in [0.15, 0.2) is 0 Å². The Hall–Kier alpha value is -0.470. The average Bonchev–Trinajstić information content (AvgIpc) is 2.49. The number of piperidine rings is 1. The van der Waals surface area contributed by atoms with Gasteiger partial charge in [0.1, 0.15) is 0 Å². The minimum atomic E-state index is -3.44. The molecule has 0 spiro atoms. The van der Waals surface area contributed by atoms with Crippen LogP contribution in [-0.2, 0) is 14.9 Å². The predicted molar refractivity (Wildman–Crippen MR) is 76.5 cm³/mol. The van der Waals surface area contributed by atoms with Gasteiger partial charge in [-0.05, 0) is 19.3 Å². The van der Waals surface area contributed by atoms with Gasteiger partial charge in [0.05, 0.1) is 19.8 Å². The van der Waals surface area contributed by atoms with E-state index in [-0.39, 0.29) is 12.0 Å². The van der Waals surface area contributed by atoms with E-state index < -0.39 is 10.2 Å². The minimum Gasteiger partial charge on any atom is -0.396 e. The summed E-state index contributed by atoms with van der Waals surface area (Å²) in [6.45, 7) is 6.33. The molecule has 1 atom stereocenters. The molecule has 0 aromatic carbocycles. The van der Waals surface area contributed by atoms with Crippen molar-refractivity contribution in [1.82, 2.24) is 8.61 Å². The van der Waals surface area contributed by atoms with Crippen LogP contribution in [0.3, 0.4) is 0 Å². The average molecular weight is 304 g/mol. The van der Waals surface area contributed by atoms with Gasteiger partial charge in [0, 0.05) is 31.6 Å². The second kappa shape index (κ2) is 6.53. The van der Waals surface area contributed by atoms with Gasteiger partial charge in [0.2, 0.25) is 0 Å². The third-order valence-corrected chi connectivity index (χ3v) is 6.14. The van der Waals surface area contributed by atoms with Gasteiger partial charge in [-0.3, -0.25) is 0 Å². The lowest BCUT2D eigenvalue weighted by Crippen LogP contribution is -2.54. The van der Waals surface area contributed by atoms with Crippen molar-refractivity contribution in [3.63, 3.8) is 0 Å². The summed E-state index contributed by atoms with van der Waals surface area (Å²) in [5.41, 5.74) is -0.376. The number of aliphatic hydroxyl groups is 1. The number of rotatable bonds is 5. The monoisotopic (exact) mass is 304 g/mol. The first-order chi connectivity index (χ1) is 9.54. The predicted octanol–water partition coefficient (Wildman–Crippen LogP) is 0.214. The zero-order valence-corrected chi connectivity index (χ0v) is 12.6. The van der Waals surface area contributed by atoms with Crippen LogP contribution >= 0.6 is 0 Å². The zero-order chi connectivity index (χ0) is 14.6. The van der Waals surface area contributed by atoms with Gasteiger partial charge in [-0.25, -0.2) is 0 Å². The number of allylic oxidation sites excluding steroid dienone is 1. The Morgan fingerprint density at radius 3 is 2.55 bits per heavy atom. The van der Waals surface area contributed by atoms with E-state index in [4.69, 9.17) is 4.74 Å². The van der Waals surface area contributed by atoms with Gasteiger partial charge in [0.25, 0.3) is 10.2 Å². The molecule has 0 aliphatic carbocycles. The molecule has 0 radical (unpaired) electrons. The molecule has 0 aromatic heterocycles. The first-order valence-electron chi connectivity index (χ1n) is 7.09. The lowest BCUT2D eigenvalue weighted by Gasteiger charge is -2.42. The molecule has 2 rings (SSSR count). The number of aliphatic hydroxyl groups excluding tert-OH is 1. The standard InChI is InChI=1S/C13H24N2O4S/c1-2-4-13(12-16)5-3-6-15(11-13)20(17,18)14-7-9-19-10-8-14/h2,16H,1,3-12H2. The normalized spacial score (nSPS) is 30.2. The van der Waals surface area contributed by atoms with E-state index in [0.29, 0.717) is 45.8 Å². The molecule has 0 saturated carbocycles. The maximum absolute atomic E-state index is 12.6. The maximum Gasteiger partial charge on any atom is 0.282 e. The maximum atomic E-state index is 12.6. The highest BCUT2D eigenvalue weighted by Crippen LogP contribution is 2.35. The number of ether oxygens (including phenoxy) is 1. The van der Waals surface area contributed by atoms with Crippen LogP contribution < -0.4 is 0 Å². The van der Waals surface area contributed by atoms with Crippen molar-refractivity contribution in [3.8, 4) is 0 Å². The van der Waals surface area contributed by atoms with Crippen LogP contribution in [-0.4, -0.2) is 68.1 Å². The largest absolute Gasteiger partial charge is 0.396 e. The number of morpholine rings is 1. The number of hydrogen-bond donors (Lipinski definition) is 1. The Labute approximate surface area is 121 Å². The highest BCUT2D eigenvalue weighted by molar-refractivity contribution is 7.86. The molecule has 2 aliphatic heterocycles. The summed E-state index contributed by atoms with van der Waals surface area (Å²) < 4.78 is 33.5. The molecule has 0 bridgehead atoms. The summed E-state index contributed by atoms with van der Waals surface area (Å²) in [7, 11) is -3.44. The van der Waals surface area contributed by atoms with Crippen LogP contribution in [0, 0.1) is 5.41 Å². The summed E-state index contributed by atoms with van der Waals surface area (Å²) in [5.74, 6) is 0. The molecule has 2 fully saturated rings. The van der Waals surface area contributed by atoms with Crippen molar-refractivity contribution in [2.45, 2.75) is 19.3 Å². The molecule has 0 amide bonds. The van der Waals surface area contributed by atoms with Crippen molar-refractivity contribution in [3.05, 3.63) is 12.7 Å². The second-order valence-electron chi connectivity index (χ2n) is 5.61. The van der Waals surface area contributed by atoms with E-state index in [0.717, 1.165) is 12.8 Å². The third kappa shape index (κ3) is 3.23. The van der Waals surface area contributed by atoms with Crippen molar-refractivity contribution < 1.29 is 18.3 Å². The molecule has 7 heteroatoms. The van der Waals surface area contributed by atoms with Crippen molar-refractivity contribution >= 4 is 10.2 Å². The Morgan fingerprint density at radius 2 is 1.95 bits per heavy atom. The molecule has 20 heavy (non-hydrogen) atoms. The second-order valence-corrected chi connectivity index (χ2v) is 7.54. The molecular formula is C13H24N2O4S. The quantitative estimate of drug-likeness (QED) is 0.737. The Kier molecular flexibility index (Phi) is 5.19. The molecule has 6 nitrogen and oxygen atoms in total. The van der Waals surface area contributed by atoms with Gasteiger partial charge < -0.3 is 9.84 Å². The molecule has 2 heterocycles. The highest BCUT2D eigenvalue weighted by Gasteiger charge is 2.40. The Bertz CT molecular complexity index is 434. The summed E-state index contributed by atoms with van der Waals surface area (Å²) in [6, 6.07) is 0. The SMILES string of the molecule is C=CCC1(CO)CCCN(S(=O)(=O)N2CCOCC2)C1. The van der Waals surface area contributed by atoms with E-state index in [1.807, 2.05) is 0 Å². The third-order valence-electron chi connectivity index (χ3n) is 4.16. The van der Waals surface area contributed by atoms with E-state index >= 15 is 0 Å². The van der Waals surface area contributed by atoms with Gasteiger partial charge >= 0.3 is 0 Å². The minimum absolute atomic E-state index is 0.00580. The lowest BCUT2D eigenvalue weighted by molar-refractivity contribution is 0.0524. The van der Waals surface area contributed by atoms with Crippen LogP contribution in [0.25, 0.3) is 0 Å². The van der Waals surface area contributed by atoms with Crippen LogP contribution in [0.5, 0.6) is 0 Å². The van der Waals surface area contributed by atoms with Crippen LogP contribution in [0.4, 0.5) is 0 Å². The van der Waals surface area contributed by atoms with E-state index in [9.17, 15) is 13.5 Å². The molecular weight excluding hydrogens is 280 g/mol. The first kappa shape index (κ1) is 15.9.